The molecule has 0 aliphatic heterocycles. The average Bonchev–Trinajstić information content (AvgIpc) is 2.89. The fraction of sp³-hybridized carbons (Fsp3) is 0.176. The number of aromatic nitrogens is 1. The summed E-state index contributed by atoms with van der Waals surface area (Å²) < 4.78 is 10.5. The van der Waals surface area contributed by atoms with Gasteiger partial charge in [0, 0.05) is 35.5 Å². The number of fused-ring (bicyclic) bond motifs is 1. The van der Waals surface area contributed by atoms with Crippen LogP contribution in [0.2, 0.25) is 0 Å². The number of benzene rings is 1. The van der Waals surface area contributed by atoms with Gasteiger partial charge >= 0.3 is 0 Å². The van der Waals surface area contributed by atoms with Crippen molar-refractivity contribution < 1.29 is 19.4 Å². The number of Topliss-reactive ketones (excluding diaryl/α,β-unsaturated/α-hetero) is 1. The smallest absolute Gasteiger partial charge is 0.193 e. The van der Waals surface area contributed by atoms with Crippen molar-refractivity contribution in [1.82, 2.24) is 4.98 Å². The minimum absolute atomic E-state index is 0.0125. The van der Waals surface area contributed by atoms with Crippen LogP contribution in [0, 0.1) is 0 Å². The van der Waals surface area contributed by atoms with E-state index < -0.39 is 0 Å². The first kappa shape index (κ1) is 14.1. The van der Waals surface area contributed by atoms with Crippen LogP contribution in [0.3, 0.4) is 0 Å². The van der Waals surface area contributed by atoms with Crippen LogP contribution in [0.5, 0.6) is 11.5 Å². The Labute approximate surface area is 127 Å². The van der Waals surface area contributed by atoms with E-state index in [0.29, 0.717) is 34.6 Å². The maximum Gasteiger partial charge on any atom is 0.193 e. The van der Waals surface area contributed by atoms with Crippen LogP contribution >= 0.6 is 0 Å². The lowest BCUT2D eigenvalue weighted by Crippen LogP contribution is -2.00. The third kappa shape index (κ3) is 2.20. The molecular formula is C17H15NO4. The highest BCUT2D eigenvalue weighted by Gasteiger charge is 2.30. The van der Waals surface area contributed by atoms with E-state index in [1.54, 1.807) is 43.8 Å². The molecule has 1 N–H and O–H groups in total. The van der Waals surface area contributed by atoms with E-state index in [-0.39, 0.29) is 11.5 Å². The van der Waals surface area contributed by atoms with Crippen molar-refractivity contribution >= 4 is 11.5 Å². The second-order valence-corrected chi connectivity index (χ2v) is 4.93. The Morgan fingerprint density at radius 1 is 1.14 bits per heavy atom. The summed E-state index contributed by atoms with van der Waals surface area (Å²) in [5.41, 5.74) is 2.30. The fourth-order valence-electron chi connectivity index (χ4n) is 2.59. The van der Waals surface area contributed by atoms with E-state index in [1.165, 1.54) is 7.11 Å². The molecule has 3 rings (SSSR count). The molecule has 1 aromatic carbocycles. The van der Waals surface area contributed by atoms with Crippen molar-refractivity contribution in [1.29, 1.82) is 0 Å². The molecule has 0 unspecified atom stereocenters. The molecule has 0 radical (unpaired) electrons. The lowest BCUT2D eigenvalue weighted by Gasteiger charge is -2.08. The van der Waals surface area contributed by atoms with Crippen molar-refractivity contribution in [2.75, 3.05) is 14.2 Å². The number of ketones is 1. The Bertz CT molecular complexity index is 766. The van der Waals surface area contributed by atoms with E-state index in [4.69, 9.17) is 9.47 Å². The number of carbonyl (C=O) groups is 1. The second kappa shape index (κ2) is 5.52. The fourth-order valence-corrected chi connectivity index (χ4v) is 2.59. The SMILES string of the molecule is COc1cc2c(cc1OC)C(=O)C(=C(O)c1ccncc1)C2. The molecule has 1 aliphatic rings. The van der Waals surface area contributed by atoms with E-state index >= 15 is 0 Å². The lowest BCUT2D eigenvalue weighted by atomic mass is 10.1. The highest BCUT2D eigenvalue weighted by Crippen LogP contribution is 2.38. The normalized spacial score (nSPS) is 15.5. The summed E-state index contributed by atoms with van der Waals surface area (Å²) in [4.78, 5) is 16.5. The Morgan fingerprint density at radius 3 is 2.41 bits per heavy atom. The number of nitrogens with zero attached hydrogens (tertiary/aromatic N) is 1. The monoisotopic (exact) mass is 297 g/mol. The number of rotatable bonds is 3. The molecule has 1 heterocycles. The van der Waals surface area contributed by atoms with Crippen molar-refractivity contribution in [3.05, 3.63) is 58.9 Å². The highest BCUT2D eigenvalue weighted by atomic mass is 16.5. The predicted molar refractivity (Wildman–Crippen MR) is 81.4 cm³/mol. The van der Waals surface area contributed by atoms with Gasteiger partial charge in [0.15, 0.2) is 17.3 Å². The minimum Gasteiger partial charge on any atom is -0.507 e. The Balaban J connectivity index is 2.08. The Hall–Kier alpha value is -2.82. The van der Waals surface area contributed by atoms with E-state index in [1.807, 2.05) is 0 Å². The maximum atomic E-state index is 12.5. The molecule has 22 heavy (non-hydrogen) atoms. The van der Waals surface area contributed by atoms with Crippen LogP contribution < -0.4 is 9.47 Å². The molecule has 5 heteroatoms. The average molecular weight is 297 g/mol. The van der Waals surface area contributed by atoms with Gasteiger partial charge in [-0.3, -0.25) is 9.78 Å². The molecule has 0 saturated heterocycles. The van der Waals surface area contributed by atoms with Gasteiger partial charge < -0.3 is 14.6 Å². The number of allylic oxidation sites excluding steroid dienone is 1. The Kier molecular flexibility index (Phi) is 3.55. The Morgan fingerprint density at radius 2 is 1.77 bits per heavy atom. The number of aliphatic hydroxyl groups excluding tert-OH is 1. The molecule has 0 spiro atoms. The van der Waals surface area contributed by atoms with Crippen molar-refractivity contribution in [2.24, 2.45) is 0 Å². The number of hydrogen-bond donors (Lipinski definition) is 1. The van der Waals surface area contributed by atoms with Crippen molar-refractivity contribution in [2.45, 2.75) is 6.42 Å². The van der Waals surface area contributed by atoms with Crippen LogP contribution in [0.15, 0.2) is 42.2 Å². The molecule has 0 fully saturated rings. The summed E-state index contributed by atoms with van der Waals surface area (Å²) in [6.07, 6.45) is 3.51. The van der Waals surface area contributed by atoms with Crippen molar-refractivity contribution in [3.63, 3.8) is 0 Å². The predicted octanol–water partition coefficient (Wildman–Crippen LogP) is 2.81. The minimum atomic E-state index is -0.190. The number of methoxy groups -OCH3 is 2. The standard InChI is InChI=1S/C17H15NO4/c1-21-14-8-11-7-13(16(19)10-3-5-18-6-4-10)17(20)12(11)9-15(14)22-2/h3-6,8-9,19H,7H2,1-2H3. The maximum absolute atomic E-state index is 12.5. The largest absolute Gasteiger partial charge is 0.507 e. The summed E-state index contributed by atoms with van der Waals surface area (Å²) in [5.74, 6) is 0.866. The number of hydrogen-bond acceptors (Lipinski definition) is 5. The number of pyridine rings is 1. The first-order valence-electron chi connectivity index (χ1n) is 6.77. The van der Waals surface area contributed by atoms with Gasteiger partial charge in [-0.2, -0.15) is 0 Å². The van der Waals surface area contributed by atoms with E-state index in [0.717, 1.165) is 5.56 Å². The zero-order valence-electron chi connectivity index (χ0n) is 12.3. The van der Waals surface area contributed by atoms with Gasteiger partial charge in [0.25, 0.3) is 0 Å². The van der Waals surface area contributed by atoms with E-state index in [2.05, 4.69) is 4.98 Å². The van der Waals surface area contributed by atoms with Gasteiger partial charge in [-0.1, -0.05) is 0 Å². The van der Waals surface area contributed by atoms with Gasteiger partial charge in [-0.25, -0.2) is 0 Å². The topological polar surface area (TPSA) is 68.7 Å². The summed E-state index contributed by atoms with van der Waals surface area (Å²) in [6, 6.07) is 6.77. The molecule has 0 saturated carbocycles. The molecule has 1 aromatic heterocycles. The molecule has 112 valence electrons. The summed E-state index contributed by atoms with van der Waals surface area (Å²) in [7, 11) is 3.07. The van der Waals surface area contributed by atoms with Gasteiger partial charge in [0.05, 0.1) is 14.2 Å². The molecule has 0 atom stereocenters. The molecule has 2 aromatic rings. The van der Waals surface area contributed by atoms with Crippen LogP contribution in [0.1, 0.15) is 21.5 Å². The number of aliphatic hydroxyl groups is 1. The van der Waals surface area contributed by atoms with Gasteiger partial charge in [0.1, 0.15) is 5.76 Å². The zero-order valence-corrected chi connectivity index (χ0v) is 12.3. The van der Waals surface area contributed by atoms with Gasteiger partial charge in [-0.05, 0) is 29.8 Å². The van der Waals surface area contributed by atoms with Crippen LogP contribution in [-0.2, 0) is 6.42 Å². The highest BCUT2D eigenvalue weighted by molar-refractivity contribution is 6.16. The molecule has 0 amide bonds. The summed E-state index contributed by atoms with van der Waals surface area (Å²) in [6.45, 7) is 0. The number of ether oxygens (including phenoxy) is 2. The summed E-state index contributed by atoms with van der Waals surface area (Å²) in [5, 5.41) is 10.4. The second-order valence-electron chi connectivity index (χ2n) is 4.93. The molecule has 1 aliphatic carbocycles. The van der Waals surface area contributed by atoms with Gasteiger partial charge in [0.2, 0.25) is 0 Å². The quantitative estimate of drug-likeness (QED) is 0.697. The molecule has 5 nitrogen and oxygen atoms in total. The first-order chi connectivity index (χ1) is 10.7. The summed E-state index contributed by atoms with van der Waals surface area (Å²) >= 11 is 0. The van der Waals surface area contributed by atoms with Crippen LogP contribution in [0.4, 0.5) is 0 Å². The third-order valence-corrected chi connectivity index (χ3v) is 3.73. The van der Waals surface area contributed by atoms with Crippen molar-refractivity contribution in [3.8, 4) is 11.5 Å². The number of carbonyl (C=O) groups excluding carboxylic acids is 1. The van der Waals surface area contributed by atoms with Crippen LogP contribution in [-0.4, -0.2) is 30.1 Å². The molecular weight excluding hydrogens is 282 g/mol. The zero-order chi connectivity index (χ0) is 15.7. The van der Waals surface area contributed by atoms with Gasteiger partial charge in [-0.15, -0.1) is 0 Å². The molecule has 0 bridgehead atoms. The lowest BCUT2D eigenvalue weighted by molar-refractivity contribution is 0.103. The van der Waals surface area contributed by atoms with Crippen LogP contribution in [0.25, 0.3) is 5.76 Å². The third-order valence-electron chi connectivity index (χ3n) is 3.73. The first-order valence-corrected chi connectivity index (χ1v) is 6.77. The van der Waals surface area contributed by atoms with E-state index in [9.17, 15) is 9.90 Å².